The van der Waals surface area contributed by atoms with Crippen LogP contribution in [0, 0.1) is 0 Å². The Morgan fingerprint density at radius 3 is 2.57 bits per heavy atom. The molecule has 1 fully saturated rings. The predicted molar refractivity (Wildman–Crippen MR) is 60.9 cm³/mol. The summed E-state index contributed by atoms with van der Waals surface area (Å²) in [5.74, 6) is 1.84. The Morgan fingerprint density at radius 2 is 2.00 bits per heavy atom. The van der Waals surface area contributed by atoms with Crippen molar-refractivity contribution in [3.05, 3.63) is 29.8 Å². The molecule has 1 aliphatic carbocycles. The Hall–Kier alpha value is -0.980. The molecule has 0 unspecified atom stereocenters. The lowest BCUT2D eigenvalue weighted by Crippen LogP contribution is -1.91. The monoisotopic (exact) mass is 192 g/mol. The van der Waals surface area contributed by atoms with E-state index in [0.29, 0.717) is 0 Å². The van der Waals surface area contributed by atoms with Crippen molar-refractivity contribution < 1.29 is 4.74 Å². The molecule has 0 saturated heterocycles. The lowest BCUT2D eigenvalue weighted by Gasteiger charge is -2.04. The van der Waals surface area contributed by atoms with Gasteiger partial charge in [-0.3, -0.25) is 0 Å². The second-order valence-electron chi connectivity index (χ2n) is 3.28. The molecule has 1 aromatic carbocycles. The molecule has 0 atom stereocenters. The summed E-state index contributed by atoms with van der Waals surface area (Å²) >= 11 is 0. The number of ether oxygens (including phenoxy) is 1. The van der Waals surface area contributed by atoms with Gasteiger partial charge in [0.25, 0.3) is 0 Å². The van der Waals surface area contributed by atoms with Crippen LogP contribution < -0.4 is 4.74 Å². The van der Waals surface area contributed by atoms with Crippen molar-refractivity contribution in [2.45, 2.75) is 39.5 Å². The van der Waals surface area contributed by atoms with Crippen LogP contribution in [0.5, 0.6) is 5.75 Å². The Morgan fingerprint density at radius 1 is 1.29 bits per heavy atom. The Kier molecular flexibility index (Phi) is 4.51. The van der Waals surface area contributed by atoms with Gasteiger partial charge in [0.1, 0.15) is 5.75 Å². The molecule has 0 amide bonds. The summed E-state index contributed by atoms with van der Waals surface area (Å²) in [4.78, 5) is 0. The zero-order chi connectivity index (χ0) is 10.4. The van der Waals surface area contributed by atoms with E-state index >= 15 is 0 Å². The predicted octanol–water partition coefficient (Wildman–Crippen LogP) is 3.99. The van der Waals surface area contributed by atoms with Gasteiger partial charge in [0, 0.05) is 0 Å². The smallest absolute Gasteiger partial charge is 0.119 e. The lowest BCUT2D eigenvalue weighted by atomic mass is 10.1. The van der Waals surface area contributed by atoms with E-state index in [1.54, 1.807) is 0 Å². The molecule has 0 aromatic heterocycles. The van der Waals surface area contributed by atoms with E-state index in [-0.39, 0.29) is 0 Å². The van der Waals surface area contributed by atoms with Crippen LogP contribution in [0.3, 0.4) is 0 Å². The van der Waals surface area contributed by atoms with Crippen LogP contribution >= 0.6 is 0 Å². The van der Waals surface area contributed by atoms with Gasteiger partial charge in [0.05, 0.1) is 6.61 Å². The molecule has 2 rings (SSSR count). The molecular formula is C13H20O. The first kappa shape index (κ1) is 11.1. The Bertz CT molecular complexity index is 264. The fraction of sp³-hybridized carbons (Fsp3) is 0.538. The largest absolute Gasteiger partial charge is 0.494 e. The van der Waals surface area contributed by atoms with E-state index in [2.05, 4.69) is 18.2 Å². The second-order valence-corrected chi connectivity index (χ2v) is 3.28. The summed E-state index contributed by atoms with van der Waals surface area (Å²) in [5.41, 5.74) is 1.45. The van der Waals surface area contributed by atoms with Crippen molar-refractivity contribution in [1.82, 2.24) is 0 Å². The average Bonchev–Trinajstić information content (AvgIpc) is 3.05. The van der Waals surface area contributed by atoms with Crippen molar-refractivity contribution >= 4 is 0 Å². The SMILES string of the molecule is CC.CCOc1cccc(C2CC2)c1. The summed E-state index contributed by atoms with van der Waals surface area (Å²) in [7, 11) is 0. The van der Waals surface area contributed by atoms with Gasteiger partial charge in [-0.2, -0.15) is 0 Å². The van der Waals surface area contributed by atoms with E-state index in [0.717, 1.165) is 18.3 Å². The third kappa shape index (κ3) is 3.06. The van der Waals surface area contributed by atoms with Crippen molar-refractivity contribution in [3.8, 4) is 5.75 Å². The molecule has 0 bridgehead atoms. The zero-order valence-corrected chi connectivity index (χ0v) is 9.42. The highest BCUT2D eigenvalue weighted by Crippen LogP contribution is 2.40. The molecule has 1 saturated carbocycles. The highest BCUT2D eigenvalue weighted by Gasteiger charge is 2.23. The number of hydrogen-bond donors (Lipinski definition) is 0. The number of benzene rings is 1. The molecule has 1 nitrogen and oxygen atoms in total. The molecule has 1 aliphatic rings. The minimum absolute atomic E-state index is 0.758. The minimum atomic E-state index is 0.758. The van der Waals surface area contributed by atoms with Crippen LogP contribution in [-0.2, 0) is 0 Å². The zero-order valence-electron chi connectivity index (χ0n) is 9.42. The first-order valence-electron chi connectivity index (χ1n) is 5.63. The van der Waals surface area contributed by atoms with Crippen LogP contribution in [-0.4, -0.2) is 6.61 Å². The van der Waals surface area contributed by atoms with Crippen LogP contribution in [0.25, 0.3) is 0 Å². The molecule has 1 heteroatoms. The molecular weight excluding hydrogens is 172 g/mol. The lowest BCUT2D eigenvalue weighted by molar-refractivity contribution is 0.340. The normalized spacial score (nSPS) is 14.2. The fourth-order valence-corrected chi connectivity index (χ4v) is 1.44. The average molecular weight is 192 g/mol. The number of rotatable bonds is 3. The summed E-state index contributed by atoms with van der Waals surface area (Å²) in [6.45, 7) is 6.78. The summed E-state index contributed by atoms with van der Waals surface area (Å²) in [5, 5.41) is 0. The van der Waals surface area contributed by atoms with Gasteiger partial charge in [-0.25, -0.2) is 0 Å². The summed E-state index contributed by atoms with van der Waals surface area (Å²) in [6, 6.07) is 8.47. The Labute approximate surface area is 87.1 Å². The van der Waals surface area contributed by atoms with Crippen LogP contribution in [0.1, 0.15) is 45.1 Å². The van der Waals surface area contributed by atoms with Gasteiger partial charge in [-0.1, -0.05) is 26.0 Å². The molecule has 1 aromatic rings. The Balaban J connectivity index is 0.000000461. The maximum Gasteiger partial charge on any atom is 0.119 e. The fourth-order valence-electron chi connectivity index (χ4n) is 1.44. The molecule has 0 aliphatic heterocycles. The number of hydrogen-bond acceptors (Lipinski definition) is 1. The van der Waals surface area contributed by atoms with E-state index in [1.165, 1.54) is 18.4 Å². The standard InChI is InChI=1S/C11H14O.C2H6/c1-2-12-11-5-3-4-10(8-11)9-6-7-9;1-2/h3-5,8-9H,2,6-7H2,1H3;1-2H3. The van der Waals surface area contributed by atoms with Gasteiger partial charge in [0.2, 0.25) is 0 Å². The van der Waals surface area contributed by atoms with E-state index in [9.17, 15) is 0 Å². The molecule has 78 valence electrons. The van der Waals surface area contributed by atoms with Crippen molar-refractivity contribution in [1.29, 1.82) is 0 Å². The van der Waals surface area contributed by atoms with Gasteiger partial charge in [-0.05, 0) is 43.4 Å². The highest BCUT2D eigenvalue weighted by atomic mass is 16.5. The van der Waals surface area contributed by atoms with Gasteiger partial charge in [-0.15, -0.1) is 0 Å². The molecule has 14 heavy (non-hydrogen) atoms. The van der Waals surface area contributed by atoms with E-state index in [4.69, 9.17) is 4.74 Å². The third-order valence-electron chi connectivity index (χ3n) is 2.22. The summed E-state index contributed by atoms with van der Waals surface area (Å²) in [6.07, 6.45) is 2.71. The van der Waals surface area contributed by atoms with Crippen LogP contribution in [0.2, 0.25) is 0 Å². The van der Waals surface area contributed by atoms with Crippen molar-refractivity contribution in [3.63, 3.8) is 0 Å². The van der Waals surface area contributed by atoms with Gasteiger partial charge >= 0.3 is 0 Å². The molecule has 0 heterocycles. The van der Waals surface area contributed by atoms with E-state index < -0.39 is 0 Å². The second kappa shape index (κ2) is 5.69. The van der Waals surface area contributed by atoms with Crippen LogP contribution in [0.4, 0.5) is 0 Å². The van der Waals surface area contributed by atoms with Crippen molar-refractivity contribution in [2.75, 3.05) is 6.61 Å². The summed E-state index contributed by atoms with van der Waals surface area (Å²) < 4.78 is 5.42. The molecule has 0 spiro atoms. The first-order chi connectivity index (χ1) is 6.90. The van der Waals surface area contributed by atoms with E-state index in [1.807, 2.05) is 26.8 Å². The molecule has 0 N–H and O–H groups in total. The first-order valence-corrected chi connectivity index (χ1v) is 5.63. The maximum absolute atomic E-state index is 5.42. The van der Waals surface area contributed by atoms with Crippen LogP contribution in [0.15, 0.2) is 24.3 Å². The third-order valence-corrected chi connectivity index (χ3v) is 2.22. The van der Waals surface area contributed by atoms with Gasteiger partial charge in [0.15, 0.2) is 0 Å². The van der Waals surface area contributed by atoms with Crippen molar-refractivity contribution in [2.24, 2.45) is 0 Å². The minimum Gasteiger partial charge on any atom is -0.494 e. The molecule has 0 radical (unpaired) electrons. The topological polar surface area (TPSA) is 9.23 Å². The van der Waals surface area contributed by atoms with Gasteiger partial charge < -0.3 is 4.74 Å². The maximum atomic E-state index is 5.42. The highest BCUT2D eigenvalue weighted by molar-refractivity contribution is 5.32. The quantitative estimate of drug-likeness (QED) is 0.703.